The Bertz CT molecular complexity index is 399. The normalized spacial score (nSPS) is 18.6. The zero-order valence-corrected chi connectivity index (χ0v) is 10.6. The zero-order valence-electron chi connectivity index (χ0n) is 10.6. The van der Waals surface area contributed by atoms with E-state index in [1.807, 2.05) is 43.1 Å². The van der Waals surface area contributed by atoms with Crippen molar-refractivity contribution < 1.29 is 4.79 Å². The summed E-state index contributed by atoms with van der Waals surface area (Å²) in [5, 5.41) is 3.35. The molecule has 0 saturated carbocycles. The third-order valence-corrected chi connectivity index (χ3v) is 3.35. The Kier molecular flexibility index (Phi) is 3.79. The second-order valence-electron chi connectivity index (χ2n) is 4.82. The Morgan fingerprint density at radius 3 is 2.88 bits per heavy atom. The number of aryl methyl sites for hydroxylation is 1. The minimum absolute atomic E-state index is 0.119. The van der Waals surface area contributed by atoms with Gasteiger partial charge in [-0.15, -0.1) is 0 Å². The molecule has 3 heteroatoms. The van der Waals surface area contributed by atoms with Crippen LogP contribution in [0.25, 0.3) is 0 Å². The zero-order chi connectivity index (χ0) is 12.3. The van der Waals surface area contributed by atoms with Crippen LogP contribution in [-0.2, 0) is 0 Å². The molecule has 1 fully saturated rings. The van der Waals surface area contributed by atoms with E-state index < -0.39 is 0 Å². The Morgan fingerprint density at radius 1 is 1.53 bits per heavy atom. The number of hydrogen-bond acceptors (Lipinski definition) is 2. The molecule has 3 nitrogen and oxygen atoms in total. The molecule has 1 heterocycles. The van der Waals surface area contributed by atoms with Gasteiger partial charge >= 0.3 is 0 Å². The van der Waals surface area contributed by atoms with Gasteiger partial charge in [0.15, 0.2) is 0 Å². The topological polar surface area (TPSA) is 32.3 Å². The molecule has 1 aliphatic rings. The van der Waals surface area contributed by atoms with Crippen LogP contribution in [-0.4, -0.2) is 37.0 Å². The Balaban J connectivity index is 1.89. The summed E-state index contributed by atoms with van der Waals surface area (Å²) in [7, 11) is 1.88. The lowest BCUT2D eigenvalue weighted by atomic mass is 10.0. The lowest BCUT2D eigenvalue weighted by Crippen LogP contribution is -2.45. The first kappa shape index (κ1) is 12.1. The van der Waals surface area contributed by atoms with Crippen molar-refractivity contribution in [2.75, 3.05) is 20.1 Å². The molecule has 1 unspecified atom stereocenters. The largest absolute Gasteiger partial charge is 0.342 e. The molecule has 1 saturated heterocycles. The smallest absolute Gasteiger partial charge is 0.253 e. The van der Waals surface area contributed by atoms with Crippen molar-refractivity contribution in [2.24, 2.45) is 0 Å². The minimum atomic E-state index is 0.119. The van der Waals surface area contributed by atoms with E-state index in [9.17, 15) is 4.79 Å². The summed E-state index contributed by atoms with van der Waals surface area (Å²) in [6, 6.07) is 8.38. The molecule has 0 spiro atoms. The highest BCUT2D eigenvalue weighted by Crippen LogP contribution is 2.10. The second-order valence-corrected chi connectivity index (χ2v) is 4.82. The Hall–Kier alpha value is -1.35. The third-order valence-electron chi connectivity index (χ3n) is 3.35. The molecule has 0 bridgehead atoms. The van der Waals surface area contributed by atoms with Crippen LogP contribution < -0.4 is 5.32 Å². The van der Waals surface area contributed by atoms with E-state index in [2.05, 4.69) is 5.32 Å². The van der Waals surface area contributed by atoms with Gasteiger partial charge in [-0.3, -0.25) is 4.79 Å². The number of benzene rings is 1. The number of nitrogens with zero attached hydrogens (tertiary/aromatic N) is 1. The van der Waals surface area contributed by atoms with Crippen LogP contribution in [0.1, 0.15) is 28.8 Å². The first-order valence-corrected chi connectivity index (χ1v) is 6.22. The summed E-state index contributed by atoms with van der Waals surface area (Å²) in [4.78, 5) is 13.9. The number of nitrogens with one attached hydrogen (secondary N) is 1. The van der Waals surface area contributed by atoms with Crippen LogP contribution in [0.15, 0.2) is 24.3 Å². The molecule has 1 aliphatic heterocycles. The maximum Gasteiger partial charge on any atom is 0.253 e. The third kappa shape index (κ3) is 3.07. The SMILES string of the molecule is Cc1cccc(C(=O)N(C)CCC2CCN2)c1. The monoisotopic (exact) mass is 232 g/mol. The first-order valence-electron chi connectivity index (χ1n) is 6.22. The first-order chi connectivity index (χ1) is 8.16. The minimum Gasteiger partial charge on any atom is -0.342 e. The van der Waals surface area contributed by atoms with Crippen molar-refractivity contribution in [2.45, 2.75) is 25.8 Å². The second kappa shape index (κ2) is 5.32. The van der Waals surface area contributed by atoms with Gasteiger partial charge in [-0.2, -0.15) is 0 Å². The summed E-state index contributed by atoms with van der Waals surface area (Å²) >= 11 is 0. The van der Waals surface area contributed by atoms with Crippen LogP contribution in [0, 0.1) is 6.92 Å². The van der Waals surface area contributed by atoms with Gasteiger partial charge in [0.2, 0.25) is 0 Å². The molecule has 17 heavy (non-hydrogen) atoms. The van der Waals surface area contributed by atoms with Gasteiger partial charge < -0.3 is 10.2 Å². The van der Waals surface area contributed by atoms with Crippen molar-refractivity contribution in [3.8, 4) is 0 Å². The molecule has 92 valence electrons. The van der Waals surface area contributed by atoms with E-state index in [0.29, 0.717) is 6.04 Å². The number of rotatable bonds is 4. The van der Waals surface area contributed by atoms with Gasteiger partial charge in [0.1, 0.15) is 0 Å². The van der Waals surface area contributed by atoms with Crippen molar-refractivity contribution in [1.29, 1.82) is 0 Å². The van der Waals surface area contributed by atoms with E-state index in [1.54, 1.807) is 0 Å². The van der Waals surface area contributed by atoms with Gasteiger partial charge in [0.25, 0.3) is 5.91 Å². The van der Waals surface area contributed by atoms with Gasteiger partial charge in [-0.1, -0.05) is 17.7 Å². The molecule has 1 N–H and O–H groups in total. The molecule has 0 aromatic heterocycles. The molecule has 1 atom stereocenters. The number of carbonyl (C=O) groups is 1. The van der Waals surface area contributed by atoms with Crippen molar-refractivity contribution in [3.63, 3.8) is 0 Å². The summed E-state index contributed by atoms with van der Waals surface area (Å²) in [6.07, 6.45) is 2.29. The fourth-order valence-electron chi connectivity index (χ4n) is 2.04. The predicted molar refractivity (Wildman–Crippen MR) is 69.2 cm³/mol. The van der Waals surface area contributed by atoms with Crippen LogP contribution in [0.3, 0.4) is 0 Å². The molecule has 2 rings (SSSR count). The highest BCUT2D eigenvalue weighted by atomic mass is 16.2. The van der Waals surface area contributed by atoms with E-state index in [4.69, 9.17) is 0 Å². The number of amides is 1. The standard InChI is InChI=1S/C14H20N2O/c1-11-4-3-5-12(10-11)14(17)16(2)9-7-13-6-8-15-13/h3-5,10,13,15H,6-9H2,1-2H3. The average Bonchev–Trinajstić information content (AvgIpc) is 2.25. The van der Waals surface area contributed by atoms with E-state index in [1.165, 1.54) is 6.42 Å². The quantitative estimate of drug-likeness (QED) is 0.859. The molecule has 0 aliphatic carbocycles. The lowest BCUT2D eigenvalue weighted by molar-refractivity contribution is 0.0785. The van der Waals surface area contributed by atoms with E-state index in [0.717, 1.165) is 30.6 Å². The fourth-order valence-corrected chi connectivity index (χ4v) is 2.04. The highest BCUT2D eigenvalue weighted by Gasteiger charge is 2.18. The summed E-state index contributed by atoms with van der Waals surface area (Å²) in [6.45, 7) is 3.96. The molecule has 1 aromatic carbocycles. The van der Waals surface area contributed by atoms with Gasteiger partial charge in [-0.05, 0) is 38.4 Å². The van der Waals surface area contributed by atoms with Crippen LogP contribution in [0.2, 0.25) is 0 Å². The molecule has 0 radical (unpaired) electrons. The summed E-state index contributed by atoms with van der Waals surface area (Å²) in [5.74, 6) is 0.119. The maximum atomic E-state index is 12.1. The molecule has 1 amide bonds. The fraction of sp³-hybridized carbons (Fsp3) is 0.500. The lowest BCUT2D eigenvalue weighted by Gasteiger charge is -2.29. The van der Waals surface area contributed by atoms with Crippen molar-refractivity contribution >= 4 is 5.91 Å². The maximum absolute atomic E-state index is 12.1. The van der Waals surface area contributed by atoms with Gasteiger partial charge in [-0.25, -0.2) is 0 Å². The molecular formula is C14H20N2O. The molecular weight excluding hydrogens is 212 g/mol. The molecule has 1 aromatic rings. The Morgan fingerprint density at radius 2 is 2.29 bits per heavy atom. The van der Waals surface area contributed by atoms with E-state index in [-0.39, 0.29) is 5.91 Å². The highest BCUT2D eigenvalue weighted by molar-refractivity contribution is 5.94. The number of hydrogen-bond donors (Lipinski definition) is 1. The number of carbonyl (C=O) groups excluding carboxylic acids is 1. The average molecular weight is 232 g/mol. The summed E-state index contributed by atoms with van der Waals surface area (Å²) < 4.78 is 0. The van der Waals surface area contributed by atoms with Gasteiger partial charge in [0.05, 0.1) is 0 Å². The van der Waals surface area contributed by atoms with Crippen molar-refractivity contribution in [1.82, 2.24) is 10.2 Å². The van der Waals surface area contributed by atoms with Crippen molar-refractivity contribution in [3.05, 3.63) is 35.4 Å². The predicted octanol–water partition coefficient (Wildman–Crippen LogP) is 1.82. The Labute approximate surface area is 103 Å². The van der Waals surface area contributed by atoms with Crippen LogP contribution in [0.5, 0.6) is 0 Å². The van der Waals surface area contributed by atoms with E-state index >= 15 is 0 Å². The van der Waals surface area contributed by atoms with Gasteiger partial charge in [0, 0.05) is 25.2 Å². The van der Waals surface area contributed by atoms with Crippen LogP contribution in [0.4, 0.5) is 0 Å². The van der Waals surface area contributed by atoms with Crippen LogP contribution >= 0.6 is 0 Å². The summed E-state index contributed by atoms with van der Waals surface area (Å²) in [5.41, 5.74) is 1.92.